The standard InChI is InChI=1S/C11H24O4S/c1-3-6-11(9-12,10-13)7-5-8-16(14,15)4-2/h12-13H,3-10H2,1-2H3. The second-order valence-corrected chi connectivity index (χ2v) is 6.88. The fourth-order valence-electron chi connectivity index (χ4n) is 1.83. The van der Waals surface area contributed by atoms with E-state index in [4.69, 9.17) is 0 Å². The zero-order valence-electron chi connectivity index (χ0n) is 10.3. The number of hydrogen-bond donors (Lipinski definition) is 2. The first-order valence-electron chi connectivity index (χ1n) is 5.87. The van der Waals surface area contributed by atoms with E-state index in [1.807, 2.05) is 6.92 Å². The van der Waals surface area contributed by atoms with Gasteiger partial charge in [-0.3, -0.25) is 0 Å². The Morgan fingerprint density at radius 2 is 1.62 bits per heavy atom. The van der Waals surface area contributed by atoms with E-state index >= 15 is 0 Å². The summed E-state index contributed by atoms with van der Waals surface area (Å²) >= 11 is 0. The van der Waals surface area contributed by atoms with Gasteiger partial charge in [-0.05, 0) is 19.3 Å². The number of aliphatic hydroxyl groups is 2. The van der Waals surface area contributed by atoms with Gasteiger partial charge < -0.3 is 10.2 Å². The van der Waals surface area contributed by atoms with Crippen LogP contribution in [0.2, 0.25) is 0 Å². The first kappa shape index (κ1) is 15.9. The van der Waals surface area contributed by atoms with Crippen molar-refractivity contribution in [1.82, 2.24) is 0 Å². The molecule has 0 heterocycles. The second kappa shape index (κ2) is 7.25. The smallest absolute Gasteiger partial charge is 0.150 e. The summed E-state index contributed by atoms with van der Waals surface area (Å²) < 4.78 is 22.6. The molecule has 0 amide bonds. The third-order valence-corrected chi connectivity index (χ3v) is 4.84. The number of sulfone groups is 1. The van der Waals surface area contributed by atoms with Crippen LogP contribution in [0.3, 0.4) is 0 Å². The van der Waals surface area contributed by atoms with Crippen LogP contribution in [0.5, 0.6) is 0 Å². The molecule has 0 rings (SSSR count). The van der Waals surface area contributed by atoms with Gasteiger partial charge in [-0.25, -0.2) is 8.42 Å². The molecule has 0 radical (unpaired) electrons. The Hall–Kier alpha value is -0.130. The lowest BCUT2D eigenvalue weighted by atomic mass is 9.81. The van der Waals surface area contributed by atoms with Gasteiger partial charge in [0.25, 0.3) is 0 Å². The maximum Gasteiger partial charge on any atom is 0.150 e. The molecule has 16 heavy (non-hydrogen) atoms. The molecule has 2 N–H and O–H groups in total. The van der Waals surface area contributed by atoms with Gasteiger partial charge in [0.05, 0.1) is 19.0 Å². The molecule has 4 nitrogen and oxygen atoms in total. The number of aliphatic hydroxyl groups excluding tert-OH is 2. The summed E-state index contributed by atoms with van der Waals surface area (Å²) in [7, 11) is -2.94. The quantitative estimate of drug-likeness (QED) is 0.641. The van der Waals surface area contributed by atoms with Crippen LogP contribution in [0.25, 0.3) is 0 Å². The molecule has 0 aliphatic carbocycles. The summed E-state index contributed by atoms with van der Waals surface area (Å²) in [6, 6.07) is 0. The van der Waals surface area contributed by atoms with Gasteiger partial charge in [0.1, 0.15) is 9.84 Å². The molecule has 0 aromatic rings. The normalized spacial score (nSPS) is 13.0. The maximum atomic E-state index is 11.3. The van der Waals surface area contributed by atoms with E-state index in [2.05, 4.69) is 0 Å². The van der Waals surface area contributed by atoms with Gasteiger partial charge in [-0.2, -0.15) is 0 Å². The monoisotopic (exact) mass is 252 g/mol. The molecular weight excluding hydrogens is 228 g/mol. The summed E-state index contributed by atoms with van der Waals surface area (Å²) in [4.78, 5) is 0. The SMILES string of the molecule is CCCC(CO)(CO)CCCS(=O)(=O)CC. The molecule has 0 atom stereocenters. The fourth-order valence-corrected chi connectivity index (χ4v) is 2.71. The predicted octanol–water partition coefficient (Wildman–Crippen LogP) is 0.972. The minimum absolute atomic E-state index is 0.0798. The Balaban J connectivity index is 4.23. The average molecular weight is 252 g/mol. The Bertz CT molecular complexity index is 268. The first-order chi connectivity index (χ1) is 7.45. The lowest BCUT2D eigenvalue weighted by Gasteiger charge is -2.29. The highest BCUT2D eigenvalue weighted by Gasteiger charge is 2.27. The molecular formula is C11H24O4S. The zero-order chi connectivity index (χ0) is 12.7. The third kappa shape index (κ3) is 5.27. The van der Waals surface area contributed by atoms with Crippen molar-refractivity contribution in [2.45, 2.75) is 39.5 Å². The summed E-state index contributed by atoms with van der Waals surface area (Å²) in [5.74, 6) is 0.307. The zero-order valence-corrected chi connectivity index (χ0v) is 11.1. The Kier molecular flexibility index (Phi) is 7.19. The number of rotatable bonds is 9. The van der Waals surface area contributed by atoms with Gasteiger partial charge in [-0.15, -0.1) is 0 Å². The summed E-state index contributed by atoms with van der Waals surface area (Å²) in [6.45, 7) is 3.46. The lowest BCUT2D eigenvalue weighted by Crippen LogP contribution is -2.30. The van der Waals surface area contributed by atoms with E-state index in [0.29, 0.717) is 12.8 Å². The molecule has 0 aliphatic heterocycles. The minimum Gasteiger partial charge on any atom is -0.396 e. The molecule has 0 unspecified atom stereocenters. The molecule has 0 aromatic heterocycles. The minimum atomic E-state index is -2.94. The first-order valence-corrected chi connectivity index (χ1v) is 7.69. The molecule has 5 heteroatoms. The van der Waals surface area contributed by atoms with Crippen LogP contribution in [-0.4, -0.2) is 43.4 Å². The van der Waals surface area contributed by atoms with Crippen molar-refractivity contribution in [1.29, 1.82) is 0 Å². The third-order valence-electron chi connectivity index (χ3n) is 3.05. The van der Waals surface area contributed by atoms with Crippen molar-refractivity contribution in [2.75, 3.05) is 24.7 Å². The van der Waals surface area contributed by atoms with Gasteiger partial charge in [0.15, 0.2) is 0 Å². The summed E-state index contributed by atoms with van der Waals surface area (Å²) in [5.41, 5.74) is -0.502. The van der Waals surface area contributed by atoms with Crippen molar-refractivity contribution in [3.63, 3.8) is 0 Å². The van der Waals surface area contributed by atoms with Crippen molar-refractivity contribution in [3.05, 3.63) is 0 Å². The lowest BCUT2D eigenvalue weighted by molar-refractivity contribution is 0.0387. The van der Waals surface area contributed by atoms with E-state index in [9.17, 15) is 18.6 Å². The van der Waals surface area contributed by atoms with Crippen LogP contribution in [-0.2, 0) is 9.84 Å². The van der Waals surface area contributed by atoms with Crippen LogP contribution in [0.4, 0.5) is 0 Å². The van der Waals surface area contributed by atoms with Crippen LogP contribution >= 0.6 is 0 Å². The molecule has 98 valence electrons. The molecule has 0 fully saturated rings. The summed E-state index contributed by atoms with van der Waals surface area (Å²) in [5, 5.41) is 18.6. The van der Waals surface area contributed by atoms with Gasteiger partial charge >= 0.3 is 0 Å². The Labute approximate surface area is 98.6 Å². The van der Waals surface area contributed by atoms with E-state index in [1.165, 1.54) is 0 Å². The highest BCUT2D eigenvalue weighted by Crippen LogP contribution is 2.28. The average Bonchev–Trinajstić information content (AvgIpc) is 2.28. The van der Waals surface area contributed by atoms with Crippen molar-refractivity contribution < 1.29 is 18.6 Å². The van der Waals surface area contributed by atoms with Crippen molar-refractivity contribution >= 4 is 9.84 Å². The number of hydrogen-bond acceptors (Lipinski definition) is 4. The molecule has 0 aliphatic rings. The van der Waals surface area contributed by atoms with Gasteiger partial charge in [0.2, 0.25) is 0 Å². The molecule has 0 aromatic carbocycles. The highest BCUT2D eigenvalue weighted by molar-refractivity contribution is 7.91. The van der Waals surface area contributed by atoms with Crippen LogP contribution in [0.15, 0.2) is 0 Å². The van der Waals surface area contributed by atoms with E-state index in [0.717, 1.165) is 12.8 Å². The molecule has 0 saturated heterocycles. The van der Waals surface area contributed by atoms with Crippen LogP contribution in [0.1, 0.15) is 39.5 Å². The second-order valence-electron chi connectivity index (χ2n) is 4.41. The topological polar surface area (TPSA) is 74.6 Å². The van der Waals surface area contributed by atoms with Gasteiger partial charge in [0, 0.05) is 11.2 Å². The molecule has 0 bridgehead atoms. The van der Waals surface area contributed by atoms with Crippen LogP contribution in [0, 0.1) is 5.41 Å². The predicted molar refractivity (Wildman–Crippen MR) is 65.1 cm³/mol. The molecule has 0 spiro atoms. The van der Waals surface area contributed by atoms with Crippen LogP contribution < -0.4 is 0 Å². The van der Waals surface area contributed by atoms with E-state index < -0.39 is 15.3 Å². The van der Waals surface area contributed by atoms with Crippen molar-refractivity contribution in [2.24, 2.45) is 5.41 Å². The van der Waals surface area contributed by atoms with E-state index in [-0.39, 0.29) is 24.7 Å². The highest BCUT2D eigenvalue weighted by atomic mass is 32.2. The van der Waals surface area contributed by atoms with Gasteiger partial charge in [-0.1, -0.05) is 20.3 Å². The molecule has 0 saturated carbocycles. The van der Waals surface area contributed by atoms with E-state index in [1.54, 1.807) is 6.92 Å². The maximum absolute atomic E-state index is 11.3. The Morgan fingerprint density at radius 3 is 2.00 bits per heavy atom. The Morgan fingerprint density at radius 1 is 1.06 bits per heavy atom. The fraction of sp³-hybridized carbons (Fsp3) is 1.00. The largest absolute Gasteiger partial charge is 0.396 e. The summed E-state index contributed by atoms with van der Waals surface area (Å²) in [6.07, 6.45) is 2.68. The van der Waals surface area contributed by atoms with Crippen molar-refractivity contribution in [3.8, 4) is 0 Å².